The summed E-state index contributed by atoms with van der Waals surface area (Å²) >= 11 is 0. The number of rotatable bonds is 32. The second-order valence-corrected chi connectivity index (χ2v) is 27.7. The van der Waals surface area contributed by atoms with Crippen molar-refractivity contribution in [2.24, 2.45) is 51.0 Å². The summed E-state index contributed by atoms with van der Waals surface area (Å²) in [6.45, 7) is 22.4. The normalized spacial score (nSPS) is 13.7. The lowest BCUT2D eigenvalue weighted by atomic mass is 10.1. The second kappa shape index (κ2) is 50.9. The quantitative estimate of drug-likeness (QED) is 0.0170. The Labute approximate surface area is 657 Å². The fourth-order valence-electron chi connectivity index (χ4n) is 7.40. The highest BCUT2D eigenvalue weighted by Crippen LogP contribution is 2.13. The van der Waals surface area contributed by atoms with Crippen molar-refractivity contribution in [2.45, 2.75) is 170 Å². The van der Waals surface area contributed by atoms with Crippen molar-refractivity contribution < 1.29 is 101 Å². The molecule has 0 atom stereocenters. The summed E-state index contributed by atoms with van der Waals surface area (Å²) < 4.78 is 25.0. The Bertz CT molecular complexity index is 3450. The number of hydrazone groups is 10. The molecule has 5 heterocycles. The predicted octanol–water partition coefficient (Wildman–Crippen LogP) is -5.65. The minimum Gasteiger partial charge on any atom is -0.463 e. The van der Waals surface area contributed by atoms with Gasteiger partial charge in [0.15, 0.2) is 0 Å². The number of unbranched alkanes of at least 4 members (excludes halogenated alkanes) is 2. The number of carbonyl (C=O) groups excluding carboxylic acids is 14. The van der Waals surface area contributed by atoms with Crippen LogP contribution in [-0.2, 0) is 81.2 Å². The van der Waals surface area contributed by atoms with E-state index in [1.165, 1.54) is 24.0 Å². The number of nitrogens with one attached hydrogen (secondary N) is 17. The van der Waals surface area contributed by atoms with Crippen molar-refractivity contribution in [2.75, 3.05) is 94.8 Å². The molecule has 0 bridgehead atoms. The van der Waals surface area contributed by atoms with Crippen LogP contribution < -0.4 is 91.5 Å². The second-order valence-electron chi connectivity index (χ2n) is 27.7. The highest BCUT2D eigenvalue weighted by molar-refractivity contribution is 6.45. The lowest BCUT2D eigenvalue weighted by Crippen LogP contribution is -2.48. The number of amidine groups is 10. The SMILES string of the molecule is CC(C)(C)OC(=O)CCCCCC(=O)C1=NNC(C(=O)NCCCNC(=O)OC(C)(C)C)=NN1.CC(C)(C)OC(=O)CCCNC(=O)C1=NNC(C(=O)NCCNC(=O)OC(C)(C)C)=NN1.CN(C)C(=O)C1=NNC(C(=O)N(C)C)=NN1.CNC(=O)C1=NNC(C(=O)OC)=NN1.O=C(CCCO)C1=NNC(C(=O)NCCO)=NN1. The maximum absolute atomic E-state index is 12.2. The van der Waals surface area contributed by atoms with Crippen LogP contribution in [0.2, 0.25) is 0 Å². The van der Waals surface area contributed by atoms with Gasteiger partial charge in [0.05, 0.1) is 13.7 Å². The van der Waals surface area contributed by atoms with Gasteiger partial charge >= 0.3 is 30.1 Å². The molecule has 0 saturated heterocycles. The van der Waals surface area contributed by atoms with Crippen molar-refractivity contribution in [3.8, 4) is 0 Å². The van der Waals surface area contributed by atoms with Crippen LogP contribution in [0, 0.1) is 0 Å². The molecule has 0 fully saturated rings. The number of esters is 3. The molecule has 636 valence electrons. The molecule has 9 amide bonds. The van der Waals surface area contributed by atoms with Crippen molar-refractivity contribution in [3.05, 3.63) is 0 Å². The van der Waals surface area contributed by atoms with E-state index in [1.807, 2.05) is 20.8 Å². The molecular weight excluding hydrogens is 1510 g/mol. The lowest BCUT2D eigenvalue weighted by Gasteiger charge is -2.19. The van der Waals surface area contributed by atoms with Crippen LogP contribution in [-0.4, -0.2) is 279 Å². The summed E-state index contributed by atoms with van der Waals surface area (Å²) in [5.41, 5.74) is 21.6. The Morgan fingerprint density at radius 2 is 0.614 bits per heavy atom. The third-order valence-corrected chi connectivity index (χ3v) is 12.5. The first-order chi connectivity index (χ1) is 53.3. The number of ketones is 2. The van der Waals surface area contributed by atoms with Gasteiger partial charge in [0, 0.05) is 107 Å². The molecule has 0 aromatic carbocycles. The number of Topliss-reactive ketones (excluding diaryl/α,β-unsaturated/α-hetero) is 2. The van der Waals surface area contributed by atoms with Gasteiger partial charge in [-0.3, -0.25) is 107 Å². The van der Waals surface area contributed by atoms with Gasteiger partial charge in [-0.1, -0.05) is 6.42 Å². The first kappa shape index (κ1) is 99.2. The molecule has 5 aliphatic rings. The summed E-state index contributed by atoms with van der Waals surface area (Å²) in [5.74, 6) is -5.58. The lowest BCUT2D eigenvalue weighted by molar-refractivity contribution is -0.156. The van der Waals surface area contributed by atoms with Crippen molar-refractivity contribution >= 4 is 141 Å². The van der Waals surface area contributed by atoms with Crippen molar-refractivity contribution in [1.82, 2.24) is 101 Å². The van der Waals surface area contributed by atoms with E-state index in [1.54, 1.807) is 90.5 Å². The topological polar surface area (TPSA) is 660 Å². The molecule has 0 radical (unpaired) electrons. The summed E-state index contributed by atoms with van der Waals surface area (Å²) in [7, 11) is 9.04. The number of hydrogen-bond donors (Lipinski definition) is 19. The number of amides is 9. The molecule has 0 aromatic heterocycles. The van der Waals surface area contributed by atoms with Gasteiger partial charge in [-0.05, 0) is 115 Å². The smallest absolute Gasteiger partial charge is 0.407 e. The monoisotopic (exact) mass is 1620 g/mol. The largest absolute Gasteiger partial charge is 0.463 e. The number of alkyl carbamates (subject to hydrolysis) is 2. The zero-order valence-corrected chi connectivity index (χ0v) is 67.2. The molecule has 19 N–H and O–H groups in total. The molecule has 50 heteroatoms. The van der Waals surface area contributed by atoms with E-state index in [0.717, 1.165) is 0 Å². The van der Waals surface area contributed by atoms with Gasteiger partial charge < -0.3 is 80.9 Å². The Kier molecular flexibility index (Phi) is 44.3. The minimum atomic E-state index is -0.669. The van der Waals surface area contributed by atoms with Crippen LogP contribution in [0.15, 0.2) is 51.0 Å². The van der Waals surface area contributed by atoms with E-state index in [4.69, 9.17) is 29.2 Å². The molecule has 5 aliphatic heterocycles. The molecule has 114 heavy (non-hydrogen) atoms. The van der Waals surface area contributed by atoms with Gasteiger partial charge in [-0.15, -0.1) is 40.8 Å². The van der Waals surface area contributed by atoms with Crippen LogP contribution >= 0.6 is 0 Å². The van der Waals surface area contributed by atoms with Gasteiger partial charge in [-0.25, -0.2) is 14.4 Å². The molecule has 0 saturated carbocycles. The van der Waals surface area contributed by atoms with Gasteiger partial charge in [-0.2, -0.15) is 10.2 Å². The number of ether oxygens (including phenoxy) is 5. The standard InChI is InChI=1S/C22H38N6O6.C19H33N7O6.C9H15N5O4.C8H14N6O2.C6H9N5O3/c1-21(2,3)33-16(30)12-9-7-8-11-15(29)17-25-27-18(28-26-17)19(31)23-13-10-14-24-20(32)34-22(4,5)6;1-18(2,3)31-12(27)8-7-9-20-15(28)13-23-25-14(26-24-13)16(29)21-10-11-22-17(30)32-19(4,5)6;15-4-1-2-6(17)7-11-13-8(14-12-7)9(18)10-3-5-16;1-13(2)7(15)5-9-11-6(12-10-5)8(16)14(3)4;1-7-5(12)3-8-10-4(11-9-3)6(13)14-2/h7-14H2,1-6H3,(H,23,31)(H,24,32)(H,25,26)(H,27,28);7-11H2,1-6H3,(H,20,28)(H,21,29)(H,22,30)(H,23,24)(H,25,26);15-16H,1-5H2,(H,10,18)(H,11,12)(H,13,14);1-4H3,(H,9,10)(H,11,12);1-2H3,(H,7,12)(H,8,9)(H,10,11). The summed E-state index contributed by atoms with van der Waals surface area (Å²) in [6, 6.07) is 0. The van der Waals surface area contributed by atoms with Gasteiger partial charge in [0.1, 0.15) is 22.4 Å². The molecule has 0 spiro atoms. The Morgan fingerprint density at radius 3 is 0.956 bits per heavy atom. The third kappa shape index (κ3) is 44.1. The number of hydrogen-bond acceptors (Lipinski definition) is 41. The van der Waals surface area contributed by atoms with Crippen LogP contribution in [0.3, 0.4) is 0 Å². The molecular formula is C64H109N29O21. The van der Waals surface area contributed by atoms with Gasteiger partial charge in [0.2, 0.25) is 64.1 Å². The molecule has 5 rings (SSSR count). The van der Waals surface area contributed by atoms with Crippen LogP contribution in [0.5, 0.6) is 0 Å². The van der Waals surface area contributed by atoms with E-state index in [-0.39, 0.29) is 152 Å². The minimum absolute atomic E-state index is 0.0119. The highest BCUT2D eigenvalue weighted by Gasteiger charge is 2.27. The predicted molar refractivity (Wildman–Crippen MR) is 412 cm³/mol. The molecule has 0 aliphatic carbocycles. The van der Waals surface area contributed by atoms with E-state index >= 15 is 0 Å². The highest BCUT2D eigenvalue weighted by atomic mass is 16.6. The Balaban J connectivity index is 0.000000744. The fourth-order valence-corrected chi connectivity index (χ4v) is 7.40. The number of likely N-dealkylation sites (N-methyl/N-ethyl adjacent to an activating group) is 3. The van der Waals surface area contributed by atoms with Crippen LogP contribution in [0.4, 0.5) is 9.59 Å². The van der Waals surface area contributed by atoms with Gasteiger partial charge in [0.25, 0.3) is 47.2 Å². The average Bonchev–Trinajstić information content (AvgIpc) is 0.860. The fraction of sp³-hybridized carbons (Fsp3) is 0.625. The van der Waals surface area contributed by atoms with Crippen molar-refractivity contribution in [3.63, 3.8) is 0 Å². The zero-order valence-electron chi connectivity index (χ0n) is 67.2. The zero-order chi connectivity index (χ0) is 86.4. The third-order valence-electron chi connectivity index (χ3n) is 12.5. The summed E-state index contributed by atoms with van der Waals surface area (Å²) in [6.07, 6.45) is 2.92. The summed E-state index contributed by atoms with van der Waals surface area (Å²) in [4.78, 5) is 165. The molecule has 0 aromatic rings. The molecule has 0 unspecified atom stereocenters. The number of aliphatic hydroxyl groups is 2. The van der Waals surface area contributed by atoms with Crippen LogP contribution in [0.1, 0.15) is 147 Å². The Hall–Kier alpha value is -12.8. The maximum Gasteiger partial charge on any atom is 0.407 e. The first-order valence-electron chi connectivity index (χ1n) is 35.2. The first-order valence-corrected chi connectivity index (χ1v) is 35.2. The Morgan fingerprint density at radius 1 is 0.325 bits per heavy atom. The number of nitrogens with zero attached hydrogens (tertiary/aromatic N) is 12. The molecule has 50 nitrogen and oxygen atoms in total. The number of methoxy groups -OCH3 is 1. The van der Waals surface area contributed by atoms with Crippen molar-refractivity contribution in [1.29, 1.82) is 0 Å². The summed E-state index contributed by atoms with van der Waals surface area (Å²) in [5, 5.41) is 71.7. The van der Waals surface area contributed by atoms with E-state index in [2.05, 4.69) is 147 Å². The maximum atomic E-state index is 12.2. The van der Waals surface area contributed by atoms with Crippen LogP contribution in [0.25, 0.3) is 0 Å². The van der Waals surface area contributed by atoms with E-state index in [0.29, 0.717) is 58.0 Å². The van der Waals surface area contributed by atoms with E-state index < -0.39 is 70.1 Å². The average molecular weight is 1620 g/mol. The van der Waals surface area contributed by atoms with E-state index in [9.17, 15) is 67.1 Å². The number of aliphatic hydroxyl groups excluding tert-OH is 2. The number of carbonyl (C=O) groups is 14.